The zero-order valence-electron chi connectivity index (χ0n) is 18.5. The smallest absolute Gasteiger partial charge is 0.294 e. The van der Waals surface area contributed by atoms with Crippen molar-refractivity contribution in [1.82, 2.24) is 4.90 Å². The number of thioether (sulfide) groups is 1. The predicted octanol–water partition coefficient (Wildman–Crippen LogP) is 4.93. The molecule has 3 amide bonds. The third kappa shape index (κ3) is 6.08. The van der Waals surface area contributed by atoms with Crippen molar-refractivity contribution >= 4 is 56.5 Å². The first-order valence-corrected chi connectivity index (χ1v) is 11.6. The van der Waals surface area contributed by atoms with Gasteiger partial charge in [0.1, 0.15) is 12.3 Å². The lowest BCUT2D eigenvalue weighted by molar-refractivity contribution is -0.127. The van der Waals surface area contributed by atoms with Crippen LogP contribution in [-0.2, 0) is 9.59 Å². The second kappa shape index (κ2) is 10.8. The number of carbonyl (C=O) groups excluding carboxylic acids is 3. The Bertz CT molecular complexity index is 1100. The van der Waals surface area contributed by atoms with Gasteiger partial charge < -0.3 is 19.5 Å². The molecule has 1 saturated heterocycles. The van der Waals surface area contributed by atoms with E-state index in [-0.39, 0.29) is 17.6 Å². The van der Waals surface area contributed by atoms with E-state index in [2.05, 4.69) is 21.2 Å². The molecule has 1 heterocycles. The fourth-order valence-electron chi connectivity index (χ4n) is 2.98. The van der Waals surface area contributed by atoms with E-state index in [4.69, 9.17) is 14.2 Å². The lowest BCUT2D eigenvalue weighted by Gasteiger charge is -2.16. The first-order chi connectivity index (χ1) is 15.7. The largest absolute Gasteiger partial charge is 0.497 e. The average Bonchev–Trinajstić information content (AvgIpc) is 3.03. The highest BCUT2D eigenvalue weighted by Gasteiger charge is 2.36. The van der Waals surface area contributed by atoms with Crippen molar-refractivity contribution in [2.24, 2.45) is 0 Å². The van der Waals surface area contributed by atoms with Crippen molar-refractivity contribution in [2.45, 2.75) is 20.0 Å². The monoisotopic (exact) mass is 534 g/mol. The average molecular weight is 535 g/mol. The topological polar surface area (TPSA) is 94.2 Å². The number of benzene rings is 2. The predicted molar refractivity (Wildman–Crippen MR) is 131 cm³/mol. The van der Waals surface area contributed by atoms with Crippen LogP contribution in [0.2, 0.25) is 0 Å². The van der Waals surface area contributed by atoms with E-state index in [0.717, 1.165) is 16.7 Å². The molecule has 33 heavy (non-hydrogen) atoms. The molecule has 1 fully saturated rings. The van der Waals surface area contributed by atoms with Gasteiger partial charge in [-0.05, 0) is 89.6 Å². The molecule has 174 valence electrons. The van der Waals surface area contributed by atoms with E-state index < -0.39 is 17.1 Å². The Morgan fingerprint density at radius 2 is 1.85 bits per heavy atom. The van der Waals surface area contributed by atoms with Gasteiger partial charge >= 0.3 is 0 Å². The molecule has 0 spiro atoms. The van der Waals surface area contributed by atoms with E-state index >= 15 is 0 Å². The first-order valence-electron chi connectivity index (χ1n) is 9.95. The normalized spacial score (nSPS) is 14.7. The summed E-state index contributed by atoms with van der Waals surface area (Å²) in [5, 5.41) is 2.15. The Kier molecular flexibility index (Phi) is 8.04. The van der Waals surface area contributed by atoms with Crippen LogP contribution in [0.15, 0.2) is 45.8 Å². The summed E-state index contributed by atoms with van der Waals surface area (Å²) in [6.45, 7) is 3.42. The SMILES string of the molecule is COc1ccc(NC(=O)CN2C(=O)S/C(=C/c3cc(Br)c(OC(C)C)c(OC)c3)C2=O)cc1. The van der Waals surface area contributed by atoms with Crippen LogP contribution >= 0.6 is 27.7 Å². The number of nitrogens with zero attached hydrogens (tertiary/aromatic N) is 1. The van der Waals surface area contributed by atoms with Crippen LogP contribution in [0, 0.1) is 0 Å². The molecule has 1 N–H and O–H groups in total. The quantitative estimate of drug-likeness (QED) is 0.479. The lowest BCUT2D eigenvalue weighted by Crippen LogP contribution is -2.36. The second-order valence-electron chi connectivity index (χ2n) is 7.25. The molecular formula is C23H23BrN2O6S. The van der Waals surface area contributed by atoms with Crippen LogP contribution in [0.4, 0.5) is 10.5 Å². The number of anilines is 1. The molecule has 2 aromatic carbocycles. The molecule has 0 unspecified atom stereocenters. The number of amides is 3. The van der Waals surface area contributed by atoms with E-state index in [0.29, 0.717) is 33.0 Å². The molecule has 1 aliphatic rings. The molecular weight excluding hydrogens is 512 g/mol. The minimum absolute atomic E-state index is 0.0541. The number of methoxy groups -OCH3 is 2. The fraction of sp³-hybridized carbons (Fsp3) is 0.261. The third-order valence-corrected chi connectivity index (χ3v) is 5.95. The summed E-state index contributed by atoms with van der Waals surface area (Å²) in [4.78, 5) is 38.7. The summed E-state index contributed by atoms with van der Waals surface area (Å²) in [5.41, 5.74) is 1.17. The summed E-state index contributed by atoms with van der Waals surface area (Å²) >= 11 is 4.24. The van der Waals surface area contributed by atoms with E-state index in [1.807, 2.05) is 13.8 Å². The van der Waals surface area contributed by atoms with Crippen molar-refractivity contribution in [2.75, 3.05) is 26.1 Å². The lowest BCUT2D eigenvalue weighted by atomic mass is 10.1. The Hall–Kier alpha value is -2.98. The van der Waals surface area contributed by atoms with Crippen LogP contribution in [0.25, 0.3) is 6.08 Å². The first kappa shape index (κ1) is 24.7. The summed E-state index contributed by atoms with van der Waals surface area (Å²) in [6, 6.07) is 10.2. The molecule has 3 rings (SSSR count). The number of hydrogen-bond donors (Lipinski definition) is 1. The number of rotatable bonds is 8. The number of hydrogen-bond acceptors (Lipinski definition) is 7. The van der Waals surface area contributed by atoms with E-state index in [1.165, 1.54) is 7.11 Å². The van der Waals surface area contributed by atoms with Crippen molar-refractivity contribution in [3.8, 4) is 17.2 Å². The van der Waals surface area contributed by atoms with Gasteiger partial charge in [0.05, 0.1) is 29.7 Å². The Balaban J connectivity index is 1.73. The molecule has 2 aromatic rings. The summed E-state index contributed by atoms with van der Waals surface area (Å²) in [5.74, 6) is 0.669. The Morgan fingerprint density at radius 3 is 2.45 bits per heavy atom. The maximum atomic E-state index is 12.8. The highest BCUT2D eigenvalue weighted by atomic mass is 79.9. The number of nitrogens with one attached hydrogen (secondary N) is 1. The minimum Gasteiger partial charge on any atom is -0.497 e. The molecule has 8 nitrogen and oxygen atoms in total. The number of ether oxygens (including phenoxy) is 3. The van der Waals surface area contributed by atoms with Crippen LogP contribution < -0.4 is 19.5 Å². The molecule has 0 radical (unpaired) electrons. The maximum absolute atomic E-state index is 12.8. The van der Waals surface area contributed by atoms with Crippen LogP contribution in [0.1, 0.15) is 19.4 Å². The van der Waals surface area contributed by atoms with Gasteiger partial charge in [-0.2, -0.15) is 0 Å². The van der Waals surface area contributed by atoms with Gasteiger partial charge in [0, 0.05) is 5.69 Å². The van der Waals surface area contributed by atoms with Crippen molar-refractivity contribution in [1.29, 1.82) is 0 Å². The second-order valence-corrected chi connectivity index (χ2v) is 9.09. The highest BCUT2D eigenvalue weighted by molar-refractivity contribution is 9.10. The molecule has 1 aliphatic heterocycles. The summed E-state index contributed by atoms with van der Waals surface area (Å²) in [6.07, 6.45) is 1.53. The Labute approximate surface area is 204 Å². The molecule has 0 saturated carbocycles. The fourth-order valence-corrected chi connectivity index (χ4v) is 4.37. The maximum Gasteiger partial charge on any atom is 0.294 e. The number of halogens is 1. The van der Waals surface area contributed by atoms with Gasteiger partial charge in [0.15, 0.2) is 11.5 Å². The van der Waals surface area contributed by atoms with Gasteiger partial charge in [0.25, 0.3) is 11.1 Å². The van der Waals surface area contributed by atoms with E-state index in [1.54, 1.807) is 49.6 Å². The number of carbonyl (C=O) groups is 3. The Morgan fingerprint density at radius 1 is 1.15 bits per heavy atom. The minimum atomic E-state index is -0.535. The van der Waals surface area contributed by atoms with Crippen molar-refractivity contribution < 1.29 is 28.6 Å². The molecule has 10 heteroatoms. The molecule has 0 atom stereocenters. The molecule has 0 bridgehead atoms. The van der Waals surface area contributed by atoms with Gasteiger partial charge in [-0.1, -0.05) is 0 Å². The standard InChI is InChI=1S/C23H23BrN2O6S/c1-13(2)32-21-17(24)9-14(10-18(21)31-4)11-19-22(28)26(23(29)33-19)12-20(27)25-15-5-7-16(30-3)8-6-15/h5-11,13H,12H2,1-4H3,(H,25,27)/b19-11+. The van der Waals surface area contributed by atoms with Gasteiger partial charge in [0.2, 0.25) is 5.91 Å². The van der Waals surface area contributed by atoms with E-state index in [9.17, 15) is 14.4 Å². The van der Waals surface area contributed by atoms with Gasteiger partial charge in [-0.15, -0.1) is 0 Å². The molecule has 0 aromatic heterocycles. The van der Waals surface area contributed by atoms with Gasteiger partial charge in [-0.25, -0.2) is 0 Å². The van der Waals surface area contributed by atoms with Crippen LogP contribution in [-0.4, -0.2) is 48.8 Å². The zero-order chi connectivity index (χ0) is 24.1. The van der Waals surface area contributed by atoms with Gasteiger partial charge in [-0.3, -0.25) is 19.3 Å². The summed E-state index contributed by atoms with van der Waals surface area (Å²) in [7, 11) is 3.07. The molecule has 0 aliphatic carbocycles. The number of imide groups is 1. The summed E-state index contributed by atoms with van der Waals surface area (Å²) < 4.78 is 16.9. The van der Waals surface area contributed by atoms with Crippen LogP contribution in [0.5, 0.6) is 17.2 Å². The van der Waals surface area contributed by atoms with Crippen LogP contribution in [0.3, 0.4) is 0 Å². The van der Waals surface area contributed by atoms with Crippen molar-refractivity contribution in [3.63, 3.8) is 0 Å². The van der Waals surface area contributed by atoms with Crippen molar-refractivity contribution in [3.05, 3.63) is 51.3 Å². The third-order valence-electron chi connectivity index (χ3n) is 4.45. The zero-order valence-corrected chi connectivity index (χ0v) is 20.9. The highest BCUT2D eigenvalue weighted by Crippen LogP contribution is 2.39.